The maximum absolute atomic E-state index is 12.5. The molecule has 0 aliphatic heterocycles. The molecule has 23 heavy (non-hydrogen) atoms. The Hall–Kier alpha value is -2.87. The number of aryl methyl sites for hydroxylation is 1. The first-order chi connectivity index (χ1) is 11.1. The number of benzene rings is 1. The first-order valence-corrected chi connectivity index (χ1v) is 7.62. The number of hydrogen-bond donors (Lipinski definition) is 2. The maximum Gasteiger partial charge on any atom is 0.272 e. The van der Waals surface area contributed by atoms with E-state index in [1.165, 1.54) is 0 Å². The molecule has 1 heterocycles. The fraction of sp³-hybridized carbons (Fsp3) is 0.278. The average Bonchev–Trinajstić information content (AvgIpc) is 2.88. The molecule has 3 rings (SSSR count). The van der Waals surface area contributed by atoms with Crippen molar-refractivity contribution < 1.29 is 9.59 Å². The lowest BCUT2D eigenvalue weighted by molar-refractivity contribution is 0.0971. The van der Waals surface area contributed by atoms with Gasteiger partial charge in [-0.15, -0.1) is 0 Å². The summed E-state index contributed by atoms with van der Waals surface area (Å²) in [6, 6.07) is 9.26. The number of nitriles is 1. The number of aromatic nitrogens is 1. The summed E-state index contributed by atoms with van der Waals surface area (Å²) >= 11 is 0. The van der Waals surface area contributed by atoms with Crippen LogP contribution < -0.4 is 5.32 Å². The number of rotatable bonds is 3. The minimum atomic E-state index is -0.252. The molecule has 116 valence electrons. The Labute approximate surface area is 134 Å². The van der Waals surface area contributed by atoms with Crippen LogP contribution in [0, 0.1) is 18.3 Å². The number of ketones is 1. The standard InChI is InChI=1S/C18H17N3O2/c1-11-16-14(3-2-4-15(16)22)21-17(11)18(23)20-13-7-5-12(6-8-13)9-10-19/h5-8,21H,2-4,9H2,1H3,(H,20,23). The molecule has 0 radical (unpaired) electrons. The van der Waals surface area contributed by atoms with Gasteiger partial charge in [-0.25, -0.2) is 0 Å². The van der Waals surface area contributed by atoms with Crippen LogP contribution in [0.5, 0.6) is 0 Å². The van der Waals surface area contributed by atoms with Crippen LogP contribution >= 0.6 is 0 Å². The van der Waals surface area contributed by atoms with E-state index in [1.807, 2.05) is 19.1 Å². The van der Waals surface area contributed by atoms with Gasteiger partial charge in [0, 0.05) is 23.4 Å². The maximum atomic E-state index is 12.5. The van der Waals surface area contributed by atoms with E-state index in [-0.39, 0.29) is 11.7 Å². The number of Topliss-reactive ketones (excluding diaryl/α,β-unsaturated/α-hetero) is 1. The van der Waals surface area contributed by atoms with E-state index in [1.54, 1.807) is 12.1 Å². The van der Waals surface area contributed by atoms with Gasteiger partial charge >= 0.3 is 0 Å². The van der Waals surface area contributed by atoms with Gasteiger partial charge in [0.2, 0.25) is 0 Å². The minimum Gasteiger partial charge on any atom is -0.354 e. The normalized spacial score (nSPS) is 13.3. The van der Waals surface area contributed by atoms with E-state index in [0.29, 0.717) is 29.8 Å². The van der Waals surface area contributed by atoms with Gasteiger partial charge in [0.15, 0.2) is 5.78 Å². The SMILES string of the molecule is Cc1c(C(=O)Nc2ccc(CC#N)cc2)[nH]c2c1C(=O)CCC2. The molecule has 0 bridgehead atoms. The zero-order chi connectivity index (χ0) is 16.4. The van der Waals surface area contributed by atoms with Crippen molar-refractivity contribution in [2.75, 3.05) is 5.32 Å². The second-order valence-electron chi connectivity index (χ2n) is 5.74. The van der Waals surface area contributed by atoms with Gasteiger partial charge in [0.1, 0.15) is 5.69 Å². The summed E-state index contributed by atoms with van der Waals surface area (Å²) in [6.45, 7) is 1.81. The van der Waals surface area contributed by atoms with Gasteiger partial charge in [-0.1, -0.05) is 12.1 Å². The van der Waals surface area contributed by atoms with Gasteiger partial charge in [0.05, 0.1) is 12.5 Å². The Morgan fingerprint density at radius 2 is 2.04 bits per heavy atom. The van der Waals surface area contributed by atoms with Crippen molar-refractivity contribution in [3.05, 3.63) is 52.3 Å². The fourth-order valence-corrected chi connectivity index (χ4v) is 2.99. The van der Waals surface area contributed by atoms with Gasteiger partial charge < -0.3 is 10.3 Å². The van der Waals surface area contributed by atoms with Crippen LogP contribution in [0.1, 0.15) is 50.5 Å². The molecule has 0 spiro atoms. The summed E-state index contributed by atoms with van der Waals surface area (Å²) in [5.41, 5.74) is 4.30. The number of nitrogens with one attached hydrogen (secondary N) is 2. The Bertz CT molecular complexity index is 810. The lowest BCUT2D eigenvalue weighted by Crippen LogP contribution is -2.14. The molecule has 1 aliphatic carbocycles. The summed E-state index contributed by atoms with van der Waals surface area (Å²) in [7, 11) is 0. The molecule has 1 amide bonds. The summed E-state index contributed by atoms with van der Waals surface area (Å²) in [6.07, 6.45) is 2.52. The lowest BCUT2D eigenvalue weighted by atomic mass is 9.94. The molecule has 2 N–H and O–H groups in total. The van der Waals surface area contributed by atoms with Crippen LogP contribution in [-0.4, -0.2) is 16.7 Å². The lowest BCUT2D eigenvalue weighted by Gasteiger charge is -2.09. The third kappa shape index (κ3) is 2.88. The molecule has 1 aliphatic rings. The summed E-state index contributed by atoms with van der Waals surface area (Å²) in [5.74, 6) is -0.141. The summed E-state index contributed by atoms with van der Waals surface area (Å²) < 4.78 is 0. The zero-order valence-electron chi connectivity index (χ0n) is 12.9. The predicted octanol–water partition coefficient (Wildman–Crippen LogP) is 3.16. The first kappa shape index (κ1) is 15.0. The van der Waals surface area contributed by atoms with Gasteiger partial charge in [-0.2, -0.15) is 5.26 Å². The number of carbonyl (C=O) groups is 2. The largest absolute Gasteiger partial charge is 0.354 e. The van der Waals surface area contributed by atoms with Crippen molar-refractivity contribution in [2.24, 2.45) is 0 Å². The molecule has 0 unspecified atom stereocenters. The molecule has 1 aromatic heterocycles. The molecule has 0 fully saturated rings. The topological polar surface area (TPSA) is 85.8 Å². The number of amides is 1. The van der Waals surface area contributed by atoms with Crippen LogP contribution in [0.4, 0.5) is 5.69 Å². The number of carbonyl (C=O) groups excluding carboxylic acids is 2. The highest BCUT2D eigenvalue weighted by atomic mass is 16.2. The van der Waals surface area contributed by atoms with E-state index >= 15 is 0 Å². The first-order valence-electron chi connectivity index (χ1n) is 7.62. The number of fused-ring (bicyclic) bond motifs is 1. The van der Waals surface area contributed by atoms with Crippen molar-refractivity contribution in [2.45, 2.75) is 32.6 Å². The van der Waals surface area contributed by atoms with Crippen LogP contribution in [0.15, 0.2) is 24.3 Å². The van der Waals surface area contributed by atoms with Crippen molar-refractivity contribution in [3.8, 4) is 6.07 Å². The molecule has 5 nitrogen and oxygen atoms in total. The summed E-state index contributed by atoms with van der Waals surface area (Å²) in [4.78, 5) is 27.6. The van der Waals surface area contributed by atoms with Crippen molar-refractivity contribution >= 4 is 17.4 Å². The second-order valence-corrected chi connectivity index (χ2v) is 5.74. The zero-order valence-corrected chi connectivity index (χ0v) is 12.9. The van der Waals surface area contributed by atoms with Crippen molar-refractivity contribution in [1.29, 1.82) is 5.26 Å². The molecule has 0 saturated heterocycles. The second kappa shape index (κ2) is 6.09. The summed E-state index contributed by atoms with van der Waals surface area (Å²) in [5, 5.41) is 11.5. The number of H-pyrrole nitrogens is 1. The molecule has 5 heteroatoms. The highest BCUT2D eigenvalue weighted by Gasteiger charge is 2.26. The number of nitrogens with zero attached hydrogens (tertiary/aromatic N) is 1. The highest BCUT2D eigenvalue weighted by molar-refractivity contribution is 6.08. The van der Waals surface area contributed by atoms with Crippen LogP contribution in [0.3, 0.4) is 0 Å². The Kier molecular flexibility index (Phi) is 3.98. The van der Waals surface area contributed by atoms with Gasteiger partial charge in [-0.3, -0.25) is 9.59 Å². The van der Waals surface area contributed by atoms with E-state index in [9.17, 15) is 9.59 Å². The Morgan fingerprint density at radius 1 is 1.30 bits per heavy atom. The molecular formula is C18H17N3O2. The molecule has 0 atom stereocenters. The molecule has 1 aromatic carbocycles. The Balaban J connectivity index is 1.81. The minimum absolute atomic E-state index is 0.111. The average molecular weight is 307 g/mol. The smallest absolute Gasteiger partial charge is 0.272 e. The van der Waals surface area contributed by atoms with Crippen LogP contribution in [0.25, 0.3) is 0 Å². The van der Waals surface area contributed by atoms with Gasteiger partial charge in [0.25, 0.3) is 5.91 Å². The van der Waals surface area contributed by atoms with E-state index in [2.05, 4.69) is 16.4 Å². The quantitative estimate of drug-likeness (QED) is 0.913. The third-order valence-electron chi connectivity index (χ3n) is 4.16. The van der Waals surface area contributed by atoms with Crippen molar-refractivity contribution in [1.82, 2.24) is 4.98 Å². The Morgan fingerprint density at radius 3 is 2.70 bits per heavy atom. The van der Waals surface area contributed by atoms with E-state index in [4.69, 9.17) is 5.26 Å². The number of hydrogen-bond acceptors (Lipinski definition) is 3. The monoisotopic (exact) mass is 307 g/mol. The fourth-order valence-electron chi connectivity index (χ4n) is 2.99. The predicted molar refractivity (Wildman–Crippen MR) is 86.5 cm³/mol. The number of aromatic amines is 1. The van der Waals surface area contributed by atoms with Gasteiger partial charge in [-0.05, 0) is 43.0 Å². The number of anilines is 1. The third-order valence-corrected chi connectivity index (χ3v) is 4.16. The molecular weight excluding hydrogens is 290 g/mol. The van der Waals surface area contributed by atoms with Crippen LogP contribution in [0.2, 0.25) is 0 Å². The van der Waals surface area contributed by atoms with Crippen molar-refractivity contribution in [3.63, 3.8) is 0 Å². The molecule has 0 saturated carbocycles. The van der Waals surface area contributed by atoms with Crippen LogP contribution in [-0.2, 0) is 12.8 Å². The highest BCUT2D eigenvalue weighted by Crippen LogP contribution is 2.27. The van der Waals surface area contributed by atoms with E-state index < -0.39 is 0 Å². The molecule has 2 aromatic rings. The van der Waals surface area contributed by atoms with E-state index in [0.717, 1.165) is 29.7 Å².